The molecule has 162 valence electrons. The summed E-state index contributed by atoms with van der Waals surface area (Å²) in [7, 11) is -3.89. The Morgan fingerprint density at radius 3 is 2.38 bits per heavy atom. The van der Waals surface area contributed by atoms with Crippen molar-refractivity contribution in [1.29, 1.82) is 5.41 Å². The van der Waals surface area contributed by atoms with E-state index in [1.807, 2.05) is 13.8 Å². The number of nitrogens with zero attached hydrogens (tertiary/aromatic N) is 1. The van der Waals surface area contributed by atoms with E-state index in [1.54, 1.807) is 23.6 Å². The van der Waals surface area contributed by atoms with Crippen LogP contribution in [0.1, 0.15) is 33.1 Å². The zero-order chi connectivity index (χ0) is 21.9. The number of hydrogen-bond donors (Lipinski definition) is 5. The van der Waals surface area contributed by atoms with E-state index in [2.05, 4.69) is 15.4 Å². The van der Waals surface area contributed by atoms with Gasteiger partial charge in [0.25, 0.3) is 5.96 Å². The Morgan fingerprint density at radius 2 is 1.79 bits per heavy atom. The second-order valence-electron chi connectivity index (χ2n) is 6.77. The molecule has 12 heteroatoms. The molecule has 5 N–H and O–H groups in total. The fourth-order valence-electron chi connectivity index (χ4n) is 2.36. The van der Waals surface area contributed by atoms with Crippen LogP contribution in [0.4, 0.5) is 0 Å². The molecule has 29 heavy (non-hydrogen) atoms. The number of hydrogen-bond acceptors (Lipinski definition) is 6. The first kappa shape index (κ1) is 24.3. The fourth-order valence-corrected chi connectivity index (χ4v) is 3.61. The third-order valence-electron chi connectivity index (χ3n) is 3.86. The van der Waals surface area contributed by atoms with Gasteiger partial charge in [0.15, 0.2) is 5.03 Å². The smallest absolute Gasteiger partial charge is 0.251 e. The molecule has 0 heterocycles. The molecule has 11 nitrogen and oxygen atoms in total. The summed E-state index contributed by atoms with van der Waals surface area (Å²) in [5, 5.41) is 21.9. The van der Waals surface area contributed by atoms with Crippen molar-refractivity contribution in [1.82, 2.24) is 20.8 Å². The van der Waals surface area contributed by atoms with Crippen molar-refractivity contribution in [3.8, 4) is 0 Å². The van der Waals surface area contributed by atoms with E-state index in [9.17, 15) is 23.3 Å². The monoisotopic (exact) mass is 428 g/mol. The number of rotatable bonds is 12. The third kappa shape index (κ3) is 9.85. The normalized spacial score (nSPS) is 12.2. The number of nitro groups is 1. The van der Waals surface area contributed by atoms with Crippen LogP contribution in [0.15, 0.2) is 35.2 Å². The maximum Gasteiger partial charge on any atom is 0.251 e. The molecule has 0 saturated heterocycles. The predicted molar refractivity (Wildman–Crippen MR) is 108 cm³/mol. The van der Waals surface area contributed by atoms with Crippen LogP contribution in [0.3, 0.4) is 0 Å². The molecule has 0 spiro atoms. The standard InChI is InChI=1S/C17H28N6O5S/c1-13(2)10-12-19-16(24)15(9-6-11-20-17(18)21-23(25)26)22-29(27,28)14-7-4-3-5-8-14/h3-5,7-8,13,15,22H,6,9-12H2,1-2H3,(H,19,24)(H3,18,20,21)/t15-/m0/s1. The molecule has 1 amide bonds. The lowest BCUT2D eigenvalue weighted by atomic mass is 10.1. The van der Waals surface area contributed by atoms with Gasteiger partial charge in [0.2, 0.25) is 15.9 Å². The largest absolute Gasteiger partial charge is 0.355 e. The van der Waals surface area contributed by atoms with Gasteiger partial charge in [-0.25, -0.2) is 18.5 Å². The van der Waals surface area contributed by atoms with E-state index in [4.69, 9.17) is 5.41 Å². The lowest BCUT2D eigenvalue weighted by molar-refractivity contribution is -0.525. The maximum absolute atomic E-state index is 12.6. The molecule has 1 rings (SSSR count). The lowest BCUT2D eigenvalue weighted by Crippen LogP contribution is -2.47. The molecule has 0 aliphatic rings. The molecule has 1 aromatic rings. The molecular formula is C17H28N6O5S. The number of hydrazine groups is 1. The second-order valence-corrected chi connectivity index (χ2v) is 8.49. The molecule has 1 atom stereocenters. The molecule has 0 aliphatic carbocycles. The third-order valence-corrected chi connectivity index (χ3v) is 5.35. The first-order chi connectivity index (χ1) is 13.6. The molecule has 0 fully saturated rings. The van der Waals surface area contributed by atoms with Crippen molar-refractivity contribution < 1.29 is 18.2 Å². The zero-order valence-electron chi connectivity index (χ0n) is 16.5. The Bertz CT molecular complexity index is 785. The number of nitrogens with one attached hydrogen (secondary N) is 5. The van der Waals surface area contributed by atoms with Gasteiger partial charge in [-0.2, -0.15) is 4.72 Å². The lowest BCUT2D eigenvalue weighted by Gasteiger charge is -2.19. The van der Waals surface area contributed by atoms with Gasteiger partial charge in [-0.3, -0.25) is 10.2 Å². The Balaban J connectivity index is 2.71. The van der Waals surface area contributed by atoms with Crippen LogP contribution in [-0.4, -0.2) is 44.4 Å². The Kier molecular flexibility index (Phi) is 10.0. The van der Waals surface area contributed by atoms with Crippen molar-refractivity contribution in [2.24, 2.45) is 5.92 Å². The van der Waals surface area contributed by atoms with Crippen LogP contribution in [0.25, 0.3) is 0 Å². The number of carbonyl (C=O) groups excluding carboxylic acids is 1. The summed E-state index contributed by atoms with van der Waals surface area (Å²) in [5.74, 6) is -0.541. The number of carbonyl (C=O) groups is 1. The quantitative estimate of drug-likeness (QED) is 0.107. The Hall–Kier alpha value is -2.73. The molecule has 0 bridgehead atoms. The molecule has 0 unspecified atom stereocenters. The number of guanidine groups is 1. The van der Waals surface area contributed by atoms with Gasteiger partial charge in [0.1, 0.15) is 6.04 Å². The van der Waals surface area contributed by atoms with Gasteiger partial charge in [0, 0.05) is 13.1 Å². The van der Waals surface area contributed by atoms with Crippen LogP contribution in [-0.2, 0) is 14.8 Å². The maximum atomic E-state index is 12.6. The Labute approximate surface area is 170 Å². The van der Waals surface area contributed by atoms with Gasteiger partial charge in [-0.15, -0.1) is 0 Å². The highest BCUT2D eigenvalue weighted by molar-refractivity contribution is 7.89. The summed E-state index contributed by atoms with van der Waals surface area (Å²) < 4.78 is 27.6. The summed E-state index contributed by atoms with van der Waals surface area (Å²) in [6, 6.07) is 6.72. The number of amides is 1. The zero-order valence-corrected chi connectivity index (χ0v) is 17.3. The van der Waals surface area contributed by atoms with E-state index in [1.165, 1.54) is 12.1 Å². The van der Waals surface area contributed by atoms with Crippen LogP contribution in [0, 0.1) is 21.4 Å². The molecule has 0 aromatic heterocycles. The highest BCUT2D eigenvalue weighted by Crippen LogP contribution is 2.10. The molecule has 0 aliphatic heterocycles. The number of benzene rings is 1. The van der Waals surface area contributed by atoms with Gasteiger partial charge in [-0.1, -0.05) is 37.5 Å². The van der Waals surface area contributed by atoms with Gasteiger partial charge >= 0.3 is 0 Å². The van der Waals surface area contributed by atoms with Gasteiger partial charge in [-0.05, 0) is 37.3 Å². The van der Waals surface area contributed by atoms with Crippen molar-refractivity contribution in [2.45, 2.75) is 44.0 Å². The minimum absolute atomic E-state index is 0.0510. The first-order valence-corrected chi connectivity index (χ1v) is 10.7. The van der Waals surface area contributed by atoms with Crippen molar-refractivity contribution in [2.75, 3.05) is 13.1 Å². The van der Waals surface area contributed by atoms with Crippen molar-refractivity contribution >= 4 is 21.9 Å². The summed E-state index contributed by atoms with van der Waals surface area (Å²) in [6.07, 6.45) is 1.22. The first-order valence-electron chi connectivity index (χ1n) is 9.20. The average Bonchev–Trinajstić information content (AvgIpc) is 2.64. The van der Waals surface area contributed by atoms with Crippen LogP contribution in [0.2, 0.25) is 0 Å². The SMILES string of the molecule is CC(C)CCNC(=O)[C@H](CCCNC(=N)N[N+](=O)[O-])NS(=O)(=O)c1ccccc1. The average molecular weight is 429 g/mol. The minimum Gasteiger partial charge on any atom is -0.355 e. The van der Waals surface area contributed by atoms with Crippen LogP contribution < -0.4 is 20.8 Å². The van der Waals surface area contributed by atoms with Crippen molar-refractivity contribution in [3.05, 3.63) is 40.4 Å². The summed E-state index contributed by atoms with van der Waals surface area (Å²) in [4.78, 5) is 22.8. The van der Waals surface area contributed by atoms with E-state index in [0.29, 0.717) is 18.9 Å². The minimum atomic E-state index is -3.89. The molecular weight excluding hydrogens is 400 g/mol. The number of sulfonamides is 1. The topological polar surface area (TPSA) is 166 Å². The van der Waals surface area contributed by atoms with E-state index in [-0.39, 0.29) is 17.9 Å². The predicted octanol–water partition coefficient (Wildman–Crippen LogP) is 0.582. The van der Waals surface area contributed by atoms with Gasteiger partial charge < -0.3 is 10.6 Å². The van der Waals surface area contributed by atoms with E-state index < -0.39 is 33.0 Å². The molecule has 0 saturated carbocycles. The van der Waals surface area contributed by atoms with Crippen LogP contribution in [0.5, 0.6) is 0 Å². The van der Waals surface area contributed by atoms with E-state index in [0.717, 1.165) is 6.42 Å². The molecule has 0 radical (unpaired) electrons. The summed E-state index contributed by atoms with van der Waals surface area (Å²) in [6.45, 7) is 4.61. The second kappa shape index (κ2) is 12.0. The highest BCUT2D eigenvalue weighted by Gasteiger charge is 2.25. The van der Waals surface area contributed by atoms with Crippen molar-refractivity contribution in [3.63, 3.8) is 0 Å². The van der Waals surface area contributed by atoms with Crippen LogP contribution >= 0.6 is 0 Å². The van der Waals surface area contributed by atoms with Gasteiger partial charge in [0.05, 0.1) is 4.90 Å². The summed E-state index contributed by atoms with van der Waals surface area (Å²) in [5.41, 5.74) is 1.66. The van der Waals surface area contributed by atoms with E-state index >= 15 is 0 Å². The fraction of sp³-hybridized carbons (Fsp3) is 0.529. The summed E-state index contributed by atoms with van der Waals surface area (Å²) >= 11 is 0. The Morgan fingerprint density at radius 1 is 1.14 bits per heavy atom. The highest BCUT2D eigenvalue weighted by atomic mass is 32.2. The molecule has 1 aromatic carbocycles.